The second kappa shape index (κ2) is 7.43. The van der Waals surface area contributed by atoms with Crippen LogP contribution in [0.1, 0.15) is 41.5 Å². The van der Waals surface area contributed by atoms with Crippen molar-refractivity contribution in [2.75, 3.05) is 0 Å². The Kier molecular flexibility index (Phi) is 7.03. The van der Waals surface area contributed by atoms with Gasteiger partial charge in [-0.3, -0.25) is 4.99 Å². The zero-order valence-corrected chi connectivity index (χ0v) is 11.7. The van der Waals surface area contributed by atoms with Crippen LogP contribution in [0.25, 0.3) is 0 Å². The molecule has 0 bridgehead atoms. The quantitative estimate of drug-likeness (QED) is 0.462. The Labute approximate surface area is 101 Å². The molecule has 0 aliphatic heterocycles. The molecular weight excluding hydrogens is 194 g/mol. The fourth-order valence-corrected chi connectivity index (χ4v) is 1.25. The fraction of sp³-hybridized carbons (Fsp3) is 0.667. The molecule has 0 saturated heterocycles. The molecule has 0 saturated carbocycles. The van der Waals surface area contributed by atoms with E-state index in [4.69, 9.17) is 0 Å². The zero-order chi connectivity index (χ0) is 12.7. The molecule has 0 aliphatic rings. The number of hydrogen-bond acceptors (Lipinski definition) is 1. The summed E-state index contributed by atoms with van der Waals surface area (Å²) < 4.78 is 0. The van der Waals surface area contributed by atoms with E-state index in [0.29, 0.717) is 23.8 Å². The van der Waals surface area contributed by atoms with Gasteiger partial charge in [0.2, 0.25) is 0 Å². The molecule has 0 amide bonds. The first kappa shape index (κ1) is 15.2. The number of allylic oxidation sites excluding steroid dienone is 2. The first-order valence-corrected chi connectivity index (χ1v) is 6.24. The largest absolute Gasteiger partial charge is 0.294 e. The maximum atomic E-state index is 4.63. The van der Waals surface area contributed by atoms with Gasteiger partial charge in [0, 0.05) is 12.1 Å². The third-order valence-electron chi connectivity index (χ3n) is 3.30. The first-order valence-electron chi connectivity index (χ1n) is 6.24. The standard InChI is InChI=1S/C15H27N/c1-8-9-12(4)14(6)15(7)16-10-13(5)11(2)3/h8-11,13-15H,4H2,1-3,5-7H3/b9-8-,16-10?. The van der Waals surface area contributed by atoms with Crippen molar-refractivity contribution in [1.29, 1.82) is 0 Å². The third kappa shape index (κ3) is 5.29. The Hall–Kier alpha value is -0.850. The predicted octanol–water partition coefficient (Wildman–Crippen LogP) is 4.51. The summed E-state index contributed by atoms with van der Waals surface area (Å²) in [6.07, 6.45) is 6.20. The van der Waals surface area contributed by atoms with Crippen molar-refractivity contribution in [3.05, 3.63) is 24.3 Å². The summed E-state index contributed by atoms with van der Waals surface area (Å²) in [5.41, 5.74) is 1.16. The zero-order valence-electron chi connectivity index (χ0n) is 11.7. The van der Waals surface area contributed by atoms with E-state index in [1.54, 1.807) is 0 Å². The van der Waals surface area contributed by atoms with Crippen molar-refractivity contribution in [2.24, 2.45) is 22.7 Å². The summed E-state index contributed by atoms with van der Waals surface area (Å²) in [5.74, 6) is 1.61. The highest BCUT2D eigenvalue weighted by molar-refractivity contribution is 5.60. The lowest BCUT2D eigenvalue weighted by molar-refractivity contribution is 0.525. The molecule has 0 radical (unpaired) electrons. The SMILES string of the molecule is C=C(/C=C\C)C(C)C(C)N=CC(C)C(C)C. The molecule has 0 fully saturated rings. The maximum Gasteiger partial charge on any atom is 0.0533 e. The van der Waals surface area contributed by atoms with Crippen LogP contribution in [-0.4, -0.2) is 12.3 Å². The minimum atomic E-state index is 0.310. The van der Waals surface area contributed by atoms with E-state index in [2.05, 4.69) is 58.5 Å². The summed E-state index contributed by atoms with van der Waals surface area (Å²) in [6.45, 7) is 17.1. The van der Waals surface area contributed by atoms with Crippen molar-refractivity contribution in [3.63, 3.8) is 0 Å². The smallest absolute Gasteiger partial charge is 0.0533 e. The Morgan fingerprint density at radius 2 is 1.69 bits per heavy atom. The molecule has 1 nitrogen and oxygen atoms in total. The van der Waals surface area contributed by atoms with Crippen LogP contribution in [0.2, 0.25) is 0 Å². The van der Waals surface area contributed by atoms with Crippen LogP contribution < -0.4 is 0 Å². The van der Waals surface area contributed by atoms with Crippen molar-refractivity contribution in [1.82, 2.24) is 0 Å². The van der Waals surface area contributed by atoms with E-state index in [0.717, 1.165) is 5.57 Å². The molecule has 1 heteroatoms. The molecule has 0 aromatic carbocycles. The number of rotatable bonds is 6. The summed E-state index contributed by atoms with van der Waals surface area (Å²) in [7, 11) is 0. The maximum absolute atomic E-state index is 4.63. The molecule has 16 heavy (non-hydrogen) atoms. The summed E-state index contributed by atoms with van der Waals surface area (Å²) in [4.78, 5) is 4.63. The lowest BCUT2D eigenvalue weighted by Gasteiger charge is -2.18. The first-order chi connectivity index (χ1) is 7.40. The van der Waals surface area contributed by atoms with Gasteiger partial charge >= 0.3 is 0 Å². The van der Waals surface area contributed by atoms with E-state index in [1.807, 2.05) is 13.0 Å². The Bertz CT molecular complexity index is 261. The van der Waals surface area contributed by atoms with Gasteiger partial charge in [-0.1, -0.05) is 52.0 Å². The molecule has 0 aliphatic carbocycles. The van der Waals surface area contributed by atoms with Gasteiger partial charge in [0.25, 0.3) is 0 Å². The van der Waals surface area contributed by atoms with Gasteiger partial charge in [-0.25, -0.2) is 0 Å². The van der Waals surface area contributed by atoms with Gasteiger partial charge < -0.3 is 0 Å². The van der Waals surface area contributed by atoms with Gasteiger partial charge in [0.1, 0.15) is 0 Å². The Morgan fingerprint density at radius 1 is 1.12 bits per heavy atom. The lowest BCUT2D eigenvalue weighted by atomic mass is 9.94. The van der Waals surface area contributed by atoms with Crippen molar-refractivity contribution >= 4 is 6.21 Å². The number of hydrogen-bond donors (Lipinski definition) is 0. The molecule has 0 aromatic heterocycles. The molecular formula is C15H27N. The van der Waals surface area contributed by atoms with E-state index in [9.17, 15) is 0 Å². The third-order valence-corrected chi connectivity index (χ3v) is 3.30. The monoisotopic (exact) mass is 221 g/mol. The van der Waals surface area contributed by atoms with E-state index >= 15 is 0 Å². The molecule has 0 rings (SSSR count). The molecule has 0 spiro atoms. The Balaban J connectivity index is 4.35. The average molecular weight is 221 g/mol. The van der Waals surface area contributed by atoms with Crippen LogP contribution >= 0.6 is 0 Å². The van der Waals surface area contributed by atoms with Crippen LogP contribution in [-0.2, 0) is 0 Å². The van der Waals surface area contributed by atoms with Crippen LogP contribution in [0.4, 0.5) is 0 Å². The van der Waals surface area contributed by atoms with Crippen LogP contribution in [0.15, 0.2) is 29.3 Å². The van der Waals surface area contributed by atoms with E-state index in [-0.39, 0.29) is 0 Å². The van der Waals surface area contributed by atoms with Crippen LogP contribution in [0, 0.1) is 17.8 Å². The van der Waals surface area contributed by atoms with Crippen molar-refractivity contribution < 1.29 is 0 Å². The molecule has 92 valence electrons. The lowest BCUT2D eigenvalue weighted by Crippen LogP contribution is -2.15. The highest BCUT2D eigenvalue weighted by Crippen LogP contribution is 2.17. The molecule has 3 unspecified atom stereocenters. The normalized spacial score (nSPS) is 18.2. The summed E-state index contributed by atoms with van der Waals surface area (Å²) in [5, 5.41) is 0. The van der Waals surface area contributed by atoms with Crippen LogP contribution in [0.5, 0.6) is 0 Å². The minimum Gasteiger partial charge on any atom is -0.294 e. The highest BCUT2D eigenvalue weighted by Gasteiger charge is 2.12. The van der Waals surface area contributed by atoms with E-state index < -0.39 is 0 Å². The van der Waals surface area contributed by atoms with Gasteiger partial charge in [0.15, 0.2) is 0 Å². The number of aliphatic imine (C=N–C) groups is 1. The van der Waals surface area contributed by atoms with Crippen molar-refractivity contribution in [2.45, 2.75) is 47.6 Å². The topological polar surface area (TPSA) is 12.4 Å². The minimum absolute atomic E-state index is 0.310. The summed E-state index contributed by atoms with van der Waals surface area (Å²) in [6, 6.07) is 0.310. The molecule has 0 aromatic rings. The fourth-order valence-electron chi connectivity index (χ4n) is 1.25. The summed E-state index contributed by atoms with van der Waals surface area (Å²) >= 11 is 0. The molecule has 0 N–H and O–H groups in total. The second-order valence-electron chi connectivity index (χ2n) is 5.01. The number of nitrogens with zero attached hydrogens (tertiary/aromatic N) is 1. The highest BCUT2D eigenvalue weighted by atomic mass is 14.8. The van der Waals surface area contributed by atoms with Gasteiger partial charge in [-0.05, 0) is 25.7 Å². The van der Waals surface area contributed by atoms with Gasteiger partial charge in [0.05, 0.1) is 6.04 Å². The average Bonchev–Trinajstić information content (AvgIpc) is 2.24. The van der Waals surface area contributed by atoms with E-state index in [1.165, 1.54) is 0 Å². The van der Waals surface area contributed by atoms with Gasteiger partial charge in [-0.15, -0.1) is 0 Å². The Morgan fingerprint density at radius 3 is 2.12 bits per heavy atom. The van der Waals surface area contributed by atoms with Crippen molar-refractivity contribution in [3.8, 4) is 0 Å². The second-order valence-corrected chi connectivity index (χ2v) is 5.01. The molecule has 3 atom stereocenters. The van der Waals surface area contributed by atoms with Crippen LogP contribution in [0.3, 0.4) is 0 Å². The molecule has 0 heterocycles. The van der Waals surface area contributed by atoms with Gasteiger partial charge in [-0.2, -0.15) is 0 Å². The predicted molar refractivity (Wildman–Crippen MR) is 75.1 cm³/mol.